The van der Waals surface area contributed by atoms with E-state index in [2.05, 4.69) is 0 Å². The van der Waals surface area contributed by atoms with Crippen LogP contribution in [0, 0.1) is 0 Å². The van der Waals surface area contributed by atoms with Crippen molar-refractivity contribution in [3.05, 3.63) is 33.8 Å². The maximum absolute atomic E-state index is 12.3. The van der Waals surface area contributed by atoms with Crippen LogP contribution in [0.1, 0.15) is 10.4 Å². The van der Waals surface area contributed by atoms with Crippen molar-refractivity contribution in [1.29, 1.82) is 0 Å². The molecule has 0 aromatic heterocycles. The average molecular weight is 304 g/mol. The molecule has 5 nitrogen and oxygen atoms in total. The number of amides is 1. The Balaban J connectivity index is 2.26. The van der Waals surface area contributed by atoms with Crippen molar-refractivity contribution in [3.8, 4) is 0 Å². The lowest BCUT2D eigenvalue weighted by molar-refractivity contribution is -0.147. The Morgan fingerprint density at radius 3 is 2.68 bits per heavy atom. The number of carbonyl (C=O) groups excluding carboxylic acids is 1. The van der Waals surface area contributed by atoms with Crippen molar-refractivity contribution >= 4 is 35.1 Å². The first kappa shape index (κ1) is 14.1. The lowest BCUT2D eigenvalue weighted by Gasteiger charge is -2.32. The third kappa shape index (κ3) is 3.00. The molecule has 1 aromatic carbocycles. The van der Waals surface area contributed by atoms with Crippen molar-refractivity contribution in [3.63, 3.8) is 0 Å². The molecule has 19 heavy (non-hydrogen) atoms. The lowest BCUT2D eigenvalue weighted by Crippen LogP contribution is -2.52. The highest BCUT2D eigenvalue weighted by atomic mass is 35.5. The van der Waals surface area contributed by atoms with Crippen LogP contribution in [0.25, 0.3) is 0 Å². The summed E-state index contributed by atoms with van der Waals surface area (Å²) in [4.78, 5) is 24.7. The fraction of sp³-hybridized carbons (Fsp3) is 0.333. The molecule has 7 heteroatoms. The van der Waals surface area contributed by atoms with E-state index in [9.17, 15) is 9.59 Å². The van der Waals surface area contributed by atoms with Crippen molar-refractivity contribution < 1.29 is 19.4 Å². The van der Waals surface area contributed by atoms with E-state index in [1.807, 2.05) is 0 Å². The van der Waals surface area contributed by atoms with Gasteiger partial charge in [0.15, 0.2) is 6.04 Å². The molecule has 1 atom stereocenters. The molecule has 1 N–H and O–H groups in total. The van der Waals surface area contributed by atoms with E-state index < -0.39 is 17.9 Å². The van der Waals surface area contributed by atoms with E-state index in [1.54, 1.807) is 0 Å². The van der Waals surface area contributed by atoms with Crippen LogP contribution >= 0.6 is 23.2 Å². The van der Waals surface area contributed by atoms with Gasteiger partial charge in [0.25, 0.3) is 5.91 Å². The van der Waals surface area contributed by atoms with Gasteiger partial charge in [-0.3, -0.25) is 4.79 Å². The molecule has 0 aliphatic carbocycles. The van der Waals surface area contributed by atoms with Gasteiger partial charge in [-0.25, -0.2) is 4.79 Å². The van der Waals surface area contributed by atoms with Crippen molar-refractivity contribution in [2.45, 2.75) is 6.04 Å². The Morgan fingerprint density at radius 2 is 2.05 bits per heavy atom. The predicted octanol–water partition coefficient (Wildman–Crippen LogP) is 1.92. The Labute approximate surface area is 119 Å². The van der Waals surface area contributed by atoms with Gasteiger partial charge in [0.2, 0.25) is 0 Å². The van der Waals surface area contributed by atoms with E-state index in [-0.39, 0.29) is 18.2 Å². The summed E-state index contributed by atoms with van der Waals surface area (Å²) in [7, 11) is 0. The number of carboxylic acid groups (broad SMARTS) is 1. The first-order chi connectivity index (χ1) is 9.00. The smallest absolute Gasteiger partial charge is 0.328 e. The Hall–Kier alpha value is -1.30. The molecule has 0 radical (unpaired) electrons. The Kier molecular flexibility index (Phi) is 4.29. The van der Waals surface area contributed by atoms with Crippen LogP contribution in [-0.4, -0.2) is 47.7 Å². The van der Waals surface area contributed by atoms with E-state index in [0.29, 0.717) is 17.2 Å². The zero-order valence-corrected chi connectivity index (χ0v) is 11.3. The number of ether oxygens (including phenoxy) is 1. The topological polar surface area (TPSA) is 66.8 Å². The SMILES string of the molecule is O=C(O)[C@H]1COCCN1C(=O)c1ccc(Cl)c(Cl)c1. The number of nitrogens with zero attached hydrogens (tertiary/aromatic N) is 1. The van der Waals surface area contributed by atoms with Crippen LogP contribution in [0.15, 0.2) is 18.2 Å². The van der Waals surface area contributed by atoms with Gasteiger partial charge in [0.05, 0.1) is 23.3 Å². The number of morpholine rings is 1. The van der Waals surface area contributed by atoms with Crippen LogP contribution in [0.2, 0.25) is 10.0 Å². The summed E-state index contributed by atoms with van der Waals surface area (Å²) in [6, 6.07) is 3.48. The zero-order chi connectivity index (χ0) is 14.0. The minimum Gasteiger partial charge on any atom is -0.480 e. The molecule has 0 spiro atoms. The van der Waals surface area contributed by atoms with Crippen molar-refractivity contribution in [1.82, 2.24) is 4.90 Å². The highest BCUT2D eigenvalue weighted by Gasteiger charge is 2.33. The van der Waals surface area contributed by atoms with E-state index in [1.165, 1.54) is 23.1 Å². The van der Waals surface area contributed by atoms with Crippen LogP contribution in [-0.2, 0) is 9.53 Å². The number of hydrogen-bond donors (Lipinski definition) is 1. The summed E-state index contributed by atoms with van der Waals surface area (Å²) < 4.78 is 5.08. The Morgan fingerprint density at radius 1 is 1.32 bits per heavy atom. The molecule has 1 saturated heterocycles. The number of halogens is 2. The van der Waals surface area contributed by atoms with Gasteiger partial charge in [0.1, 0.15) is 0 Å². The third-order valence-corrected chi connectivity index (χ3v) is 3.58. The average Bonchev–Trinajstić information content (AvgIpc) is 2.41. The number of aliphatic carboxylic acids is 1. The van der Waals surface area contributed by atoms with Gasteiger partial charge in [-0.1, -0.05) is 23.2 Å². The fourth-order valence-corrected chi connectivity index (χ4v) is 2.14. The number of carboxylic acids is 1. The zero-order valence-electron chi connectivity index (χ0n) is 9.81. The molecule has 1 aliphatic rings. The highest BCUT2D eigenvalue weighted by Crippen LogP contribution is 2.24. The second-order valence-electron chi connectivity index (χ2n) is 4.06. The molecule has 0 unspecified atom stereocenters. The van der Waals surface area contributed by atoms with E-state index >= 15 is 0 Å². The third-order valence-electron chi connectivity index (χ3n) is 2.84. The molecule has 1 amide bonds. The molecule has 1 aliphatic heterocycles. The van der Waals surface area contributed by atoms with Gasteiger partial charge in [0, 0.05) is 12.1 Å². The molecule has 0 saturated carbocycles. The van der Waals surface area contributed by atoms with Crippen LogP contribution in [0.4, 0.5) is 0 Å². The maximum atomic E-state index is 12.3. The minimum atomic E-state index is -1.09. The molecule has 102 valence electrons. The van der Waals surface area contributed by atoms with Crippen LogP contribution in [0.3, 0.4) is 0 Å². The number of rotatable bonds is 2. The summed E-state index contributed by atoms with van der Waals surface area (Å²) in [6.07, 6.45) is 0. The maximum Gasteiger partial charge on any atom is 0.328 e. The second-order valence-corrected chi connectivity index (χ2v) is 4.87. The first-order valence-corrected chi connectivity index (χ1v) is 6.33. The lowest BCUT2D eigenvalue weighted by atomic mass is 10.1. The summed E-state index contributed by atoms with van der Waals surface area (Å²) >= 11 is 11.6. The molecule has 1 fully saturated rings. The molecule has 0 bridgehead atoms. The molecular formula is C12H11Cl2NO4. The highest BCUT2D eigenvalue weighted by molar-refractivity contribution is 6.42. The molecule has 1 heterocycles. The van der Waals surface area contributed by atoms with Gasteiger partial charge >= 0.3 is 5.97 Å². The minimum absolute atomic E-state index is 0.0115. The first-order valence-electron chi connectivity index (χ1n) is 5.57. The summed E-state index contributed by atoms with van der Waals surface area (Å²) in [5, 5.41) is 9.68. The summed E-state index contributed by atoms with van der Waals surface area (Å²) in [5.74, 6) is -1.48. The van der Waals surface area contributed by atoms with E-state index in [4.69, 9.17) is 33.0 Å². The normalized spacial score (nSPS) is 19.3. The summed E-state index contributed by atoms with van der Waals surface area (Å²) in [6.45, 7) is 0.537. The van der Waals surface area contributed by atoms with Gasteiger partial charge in [-0.05, 0) is 18.2 Å². The summed E-state index contributed by atoms with van der Waals surface area (Å²) in [5.41, 5.74) is 0.308. The van der Waals surface area contributed by atoms with E-state index in [0.717, 1.165) is 0 Å². The van der Waals surface area contributed by atoms with Crippen LogP contribution in [0.5, 0.6) is 0 Å². The second kappa shape index (κ2) is 5.77. The monoisotopic (exact) mass is 303 g/mol. The van der Waals surface area contributed by atoms with Crippen molar-refractivity contribution in [2.75, 3.05) is 19.8 Å². The Bertz CT molecular complexity index is 520. The molecular weight excluding hydrogens is 293 g/mol. The predicted molar refractivity (Wildman–Crippen MR) is 69.7 cm³/mol. The van der Waals surface area contributed by atoms with Crippen LogP contribution < -0.4 is 0 Å². The molecule has 2 rings (SSSR count). The number of hydrogen-bond acceptors (Lipinski definition) is 3. The van der Waals surface area contributed by atoms with Gasteiger partial charge in [-0.2, -0.15) is 0 Å². The van der Waals surface area contributed by atoms with Gasteiger partial charge in [-0.15, -0.1) is 0 Å². The number of carbonyl (C=O) groups is 2. The largest absolute Gasteiger partial charge is 0.480 e. The molecule has 1 aromatic rings. The quantitative estimate of drug-likeness (QED) is 0.906. The van der Waals surface area contributed by atoms with Crippen molar-refractivity contribution in [2.24, 2.45) is 0 Å². The number of benzene rings is 1. The standard InChI is InChI=1S/C12H11Cl2NO4/c13-8-2-1-7(5-9(8)14)11(16)15-3-4-19-6-10(15)12(17)18/h1-2,5,10H,3-4,6H2,(H,17,18)/t10-/m1/s1. The fourth-order valence-electron chi connectivity index (χ4n) is 1.85. The van der Waals surface area contributed by atoms with Gasteiger partial charge < -0.3 is 14.7 Å².